The molecule has 0 unspecified atom stereocenters. The number of anilines is 2. The van der Waals surface area contributed by atoms with Gasteiger partial charge < -0.3 is 16.2 Å². The maximum Gasteiger partial charge on any atom is 0.335 e. The summed E-state index contributed by atoms with van der Waals surface area (Å²) < 4.78 is 1.16. The molecule has 5 nitrogen and oxygen atoms in total. The molecule has 0 spiro atoms. The van der Waals surface area contributed by atoms with Gasteiger partial charge >= 0.3 is 5.97 Å². The van der Waals surface area contributed by atoms with E-state index in [4.69, 9.17) is 10.8 Å². The summed E-state index contributed by atoms with van der Waals surface area (Å²) in [6.45, 7) is 0. The zero-order chi connectivity index (χ0) is 15.6. The Bertz CT molecular complexity index is 732. The number of carbonyl (C=O) groups excluding carboxylic acids is 1. The number of amides is 1. The van der Waals surface area contributed by atoms with Gasteiger partial charge in [0.25, 0.3) is 5.91 Å². The predicted molar refractivity (Wildman–Crippen MR) is 87.6 cm³/mol. The fraction of sp³-hybridized carbons (Fsp3) is 0. The molecule has 0 radical (unpaired) electrons. The Morgan fingerprint density at radius 1 is 1.10 bits per heavy atom. The Hall–Kier alpha value is -1.86. The summed E-state index contributed by atoms with van der Waals surface area (Å²) in [6, 6.07) is 9.33. The summed E-state index contributed by atoms with van der Waals surface area (Å²) in [5.41, 5.74) is 6.94. The fourth-order valence-electron chi connectivity index (χ4n) is 1.70. The number of nitrogen functional groups attached to an aromatic ring is 1. The molecule has 2 aromatic rings. The Morgan fingerprint density at radius 2 is 1.81 bits per heavy atom. The van der Waals surface area contributed by atoms with E-state index in [1.54, 1.807) is 18.2 Å². The molecule has 4 N–H and O–H groups in total. The smallest absolute Gasteiger partial charge is 0.335 e. The van der Waals surface area contributed by atoms with Gasteiger partial charge in [-0.3, -0.25) is 4.79 Å². The molecule has 0 heterocycles. The third-order valence-electron chi connectivity index (χ3n) is 2.64. The van der Waals surface area contributed by atoms with Crippen LogP contribution in [0.1, 0.15) is 20.7 Å². The van der Waals surface area contributed by atoms with Crippen molar-refractivity contribution in [3.8, 4) is 0 Å². The number of aromatic carboxylic acids is 1. The Balaban J connectivity index is 2.31. The molecule has 0 aliphatic rings. The van der Waals surface area contributed by atoms with Gasteiger partial charge in [-0.05, 0) is 52.3 Å². The van der Waals surface area contributed by atoms with E-state index in [1.807, 2.05) is 0 Å². The van der Waals surface area contributed by atoms with Crippen LogP contribution in [0.25, 0.3) is 0 Å². The number of rotatable bonds is 3. The molecule has 2 rings (SSSR count). The normalized spacial score (nSPS) is 10.2. The van der Waals surface area contributed by atoms with Crippen LogP contribution in [0.5, 0.6) is 0 Å². The summed E-state index contributed by atoms with van der Waals surface area (Å²) in [5.74, 6) is -1.46. The molecule has 0 aliphatic carbocycles. The first-order chi connectivity index (χ1) is 9.86. The van der Waals surface area contributed by atoms with Gasteiger partial charge in [-0.25, -0.2) is 4.79 Å². The average molecular weight is 414 g/mol. The highest BCUT2D eigenvalue weighted by Gasteiger charge is 2.13. The second kappa shape index (κ2) is 6.28. The predicted octanol–water partition coefficient (Wildman–Crippen LogP) is 3.74. The molecule has 7 heteroatoms. The Kier molecular flexibility index (Phi) is 4.64. The van der Waals surface area contributed by atoms with Crippen LogP contribution >= 0.6 is 31.9 Å². The molecule has 0 saturated heterocycles. The third-order valence-corrected chi connectivity index (χ3v) is 3.79. The van der Waals surface area contributed by atoms with E-state index >= 15 is 0 Å². The van der Waals surface area contributed by atoms with E-state index in [2.05, 4.69) is 37.2 Å². The van der Waals surface area contributed by atoms with Crippen molar-refractivity contribution in [2.75, 3.05) is 11.1 Å². The molecule has 0 aliphatic heterocycles. The van der Waals surface area contributed by atoms with Crippen molar-refractivity contribution in [1.82, 2.24) is 0 Å². The minimum absolute atomic E-state index is 0.0753. The van der Waals surface area contributed by atoms with Gasteiger partial charge in [0.2, 0.25) is 0 Å². The van der Waals surface area contributed by atoms with Crippen molar-refractivity contribution in [2.24, 2.45) is 0 Å². The topological polar surface area (TPSA) is 92.4 Å². The largest absolute Gasteiger partial charge is 0.478 e. The number of carbonyl (C=O) groups is 2. The van der Waals surface area contributed by atoms with Gasteiger partial charge in [0.05, 0.1) is 11.1 Å². The van der Waals surface area contributed by atoms with E-state index in [-0.39, 0.29) is 11.5 Å². The van der Waals surface area contributed by atoms with E-state index in [9.17, 15) is 9.59 Å². The van der Waals surface area contributed by atoms with Gasteiger partial charge in [-0.1, -0.05) is 15.9 Å². The Labute approximate surface area is 137 Å². The van der Waals surface area contributed by atoms with Crippen molar-refractivity contribution in [2.45, 2.75) is 0 Å². The minimum Gasteiger partial charge on any atom is -0.478 e. The molecule has 0 aromatic heterocycles. The SMILES string of the molecule is Nc1ccc(Br)c(C(=O)Nc2cc(Br)cc(C(=O)O)c2)c1. The number of nitrogens with two attached hydrogens (primary N) is 1. The Morgan fingerprint density at radius 3 is 2.48 bits per heavy atom. The lowest BCUT2D eigenvalue weighted by Gasteiger charge is -2.09. The molecule has 2 aromatic carbocycles. The highest BCUT2D eigenvalue weighted by atomic mass is 79.9. The molecule has 21 heavy (non-hydrogen) atoms. The van der Waals surface area contributed by atoms with Crippen LogP contribution in [-0.4, -0.2) is 17.0 Å². The highest BCUT2D eigenvalue weighted by molar-refractivity contribution is 9.10. The highest BCUT2D eigenvalue weighted by Crippen LogP contribution is 2.23. The van der Waals surface area contributed by atoms with Crippen LogP contribution in [0.4, 0.5) is 11.4 Å². The van der Waals surface area contributed by atoms with Crippen molar-refractivity contribution in [3.63, 3.8) is 0 Å². The van der Waals surface area contributed by atoms with Crippen molar-refractivity contribution in [1.29, 1.82) is 0 Å². The molecule has 0 saturated carbocycles. The van der Waals surface area contributed by atoms with E-state index in [0.717, 1.165) is 0 Å². The summed E-state index contributed by atoms with van der Waals surface area (Å²) in [5, 5.41) is 11.7. The van der Waals surface area contributed by atoms with Gasteiger partial charge in [0, 0.05) is 20.3 Å². The van der Waals surface area contributed by atoms with E-state index < -0.39 is 5.97 Å². The molecular weight excluding hydrogens is 404 g/mol. The van der Waals surface area contributed by atoms with Crippen molar-refractivity contribution in [3.05, 3.63) is 56.5 Å². The summed E-state index contributed by atoms with van der Waals surface area (Å²) in [7, 11) is 0. The summed E-state index contributed by atoms with van der Waals surface area (Å²) in [4.78, 5) is 23.2. The fourth-order valence-corrected chi connectivity index (χ4v) is 2.62. The van der Waals surface area contributed by atoms with Crippen LogP contribution in [-0.2, 0) is 0 Å². The molecule has 108 valence electrons. The second-order valence-corrected chi connectivity index (χ2v) is 6.00. The second-order valence-electron chi connectivity index (χ2n) is 4.23. The van der Waals surface area contributed by atoms with Crippen LogP contribution < -0.4 is 11.1 Å². The molecule has 0 bridgehead atoms. The number of nitrogens with one attached hydrogen (secondary N) is 1. The lowest BCUT2D eigenvalue weighted by Crippen LogP contribution is -2.13. The van der Waals surface area contributed by atoms with Crippen LogP contribution in [0.2, 0.25) is 0 Å². The summed E-state index contributed by atoms with van der Waals surface area (Å²) >= 11 is 6.49. The van der Waals surface area contributed by atoms with Crippen molar-refractivity contribution >= 4 is 55.1 Å². The van der Waals surface area contributed by atoms with Gasteiger partial charge in [-0.2, -0.15) is 0 Å². The average Bonchev–Trinajstić information content (AvgIpc) is 2.40. The zero-order valence-corrected chi connectivity index (χ0v) is 13.7. The summed E-state index contributed by atoms with van der Waals surface area (Å²) in [6.07, 6.45) is 0. The van der Waals surface area contributed by atoms with Crippen LogP contribution in [0.3, 0.4) is 0 Å². The first-order valence-electron chi connectivity index (χ1n) is 5.77. The number of hydrogen-bond acceptors (Lipinski definition) is 3. The number of benzene rings is 2. The molecular formula is C14H10Br2N2O3. The van der Waals surface area contributed by atoms with Gasteiger partial charge in [0.15, 0.2) is 0 Å². The molecule has 1 amide bonds. The maximum absolute atomic E-state index is 12.2. The third kappa shape index (κ3) is 3.83. The number of carboxylic acid groups (broad SMARTS) is 1. The maximum atomic E-state index is 12.2. The lowest BCUT2D eigenvalue weighted by atomic mass is 10.1. The first-order valence-corrected chi connectivity index (χ1v) is 7.35. The molecule has 0 fully saturated rings. The first kappa shape index (κ1) is 15.5. The minimum atomic E-state index is -1.07. The van der Waals surface area contributed by atoms with Crippen LogP contribution in [0, 0.1) is 0 Å². The number of carboxylic acids is 1. The van der Waals surface area contributed by atoms with Crippen LogP contribution in [0.15, 0.2) is 45.3 Å². The molecule has 0 atom stereocenters. The standard InChI is InChI=1S/C14H10Br2N2O3/c15-8-3-7(14(20)21)4-10(5-8)18-13(19)11-6-9(17)1-2-12(11)16/h1-6H,17H2,(H,18,19)(H,20,21). The monoisotopic (exact) mass is 412 g/mol. The van der Waals surface area contributed by atoms with Gasteiger partial charge in [-0.15, -0.1) is 0 Å². The van der Waals surface area contributed by atoms with E-state index in [0.29, 0.717) is 25.9 Å². The quantitative estimate of drug-likeness (QED) is 0.668. The van der Waals surface area contributed by atoms with Gasteiger partial charge in [0.1, 0.15) is 0 Å². The van der Waals surface area contributed by atoms with Crippen molar-refractivity contribution < 1.29 is 14.7 Å². The number of halogens is 2. The zero-order valence-electron chi connectivity index (χ0n) is 10.6. The van der Waals surface area contributed by atoms with E-state index in [1.165, 1.54) is 18.2 Å². The lowest BCUT2D eigenvalue weighted by molar-refractivity contribution is 0.0696. The number of hydrogen-bond donors (Lipinski definition) is 3.